The third-order valence-corrected chi connectivity index (χ3v) is 4.53. The maximum atomic E-state index is 12.6. The summed E-state index contributed by atoms with van der Waals surface area (Å²) in [6.45, 7) is 4.40. The van der Waals surface area contributed by atoms with Crippen molar-refractivity contribution in [2.45, 2.75) is 26.8 Å². The summed E-state index contributed by atoms with van der Waals surface area (Å²) in [5.74, 6) is 0.342. The Bertz CT molecular complexity index is 1030. The summed E-state index contributed by atoms with van der Waals surface area (Å²) in [7, 11) is 1.61. The van der Waals surface area contributed by atoms with Gasteiger partial charge in [-0.3, -0.25) is 0 Å². The molecular formula is C20H22N4O3S. The van der Waals surface area contributed by atoms with E-state index in [2.05, 4.69) is 5.10 Å². The van der Waals surface area contributed by atoms with Crippen molar-refractivity contribution in [3.05, 3.63) is 41.6 Å². The summed E-state index contributed by atoms with van der Waals surface area (Å²) in [6.07, 6.45) is 0.495. The normalized spacial score (nSPS) is 10.8. The predicted octanol–water partition coefficient (Wildman–Crippen LogP) is 3.27. The fourth-order valence-corrected chi connectivity index (χ4v) is 3.10. The molecule has 1 aromatic carbocycles. The van der Waals surface area contributed by atoms with Gasteiger partial charge in [0.1, 0.15) is 5.75 Å². The molecule has 0 fully saturated rings. The van der Waals surface area contributed by atoms with Crippen molar-refractivity contribution in [1.29, 1.82) is 0 Å². The van der Waals surface area contributed by atoms with Crippen LogP contribution in [0.2, 0.25) is 0 Å². The van der Waals surface area contributed by atoms with Crippen molar-refractivity contribution in [1.82, 2.24) is 14.8 Å². The molecule has 7 nitrogen and oxygen atoms in total. The van der Waals surface area contributed by atoms with E-state index in [9.17, 15) is 4.79 Å². The van der Waals surface area contributed by atoms with Gasteiger partial charge in [0, 0.05) is 18.5 Å². The van der Waals surface area contributed by atoms with Gasteiger partial charge >= 0.3 is 5.97 Å². The second-order valence-corrected chi connectivity index (χ2v) is 6.75. The molecule has 3 aromatic rings. The summed E-state index contributed by atoms with van der Waals surface area (Å²) >= 11 is 4.98. The molecule has 3 rings (SSSR count). The standard InChI is InChI=1S/C20H22N4O3S/c1-4-27-20(25)15-11-16(13-5-7-14(26-3)8-6-13)22-19-18(15)12(2)23-24(19)10-9-17(21)28/h5-8,11H,4,9-10H2,1-3H3,(H2,21,28). The van der Waals surface area contributed by atoms with E-state index >= 15 is 0 Å². The van der Waals surface area contributed by atoms with Crippen molar-refractivity contribution in [2.75, 3.05) is 13.7 Å². The largest absolute Gasteiger partial charge is 0.497 e. The number of rotatable bonds is 7. The van der Waals surface area contributed by atoms with Gasteiger partial charge < -0.3 is 15.2 Å². The first-order valence-corrected chi connectivity index (χ1v) is 9.33. The summed E-state index contributed by atoms with van der Waals surface area (Å²) in [5, 5.41) is 5.22. The van der Waals surface area contributed by atoms with Crippen LogP contribution in [0.4, 0.5) is 0 Å². The molecule has 0 bridgehead atoms. The Hall–Kier alpha value is -3.00. The van der Waals surface area contributed by atoms with Crippen molar-refractivity contribution < 1.29 is 14.3 Å². The number of benzene rings is 1. The van der Waals surface area contributed by atoms with Crippen LogP contribution in [0.3, 0.4) is 0 Å². The molecule has 146 valence electrons. The number of methoxy groups -OCH3 is 1. The van der Waals surface area contributed by atoms with Gasteiger partial charge in [-0.2, -0.15) is 5.10 Å². The topological polar surface area (TPSA) is 92.3 Å². The molecule has 0 spiro atoms. The second-order valence-electron chi connectivity index (χ2n) is 6.23. The van der Waals surface area contributed by atoms with Crippen LogP contribution in [0.25, 0.3) is 22.3 Å². The number of nitrogens with two attached hydrogens (primary N) is 1. The second kappa shape index (κ2) is 8.35. The molecule has 2 N–H and O–H groups in total. The highest BCUT2D eigenvalue weighted by molar-refractivity contribution is 7.80. The number of fused-ring (bicyclic) bond motifs is 1. The van der Waals surface area contributed by atoms with Crippen LogP contribution in [0.5, 0.6) is 5.75 Å². The van der Waals surface area contributed by atoms with E-state index in [1.807, 2.05) is 31.2 Å². The third kappa shape index (κ3) is 3.96. The Balaban J connectivity index is 2.19. The molecule has 0 atom stereocenters. The van der Waals surface area contributed by atoms with Gasteiger partial charge in [-0.25, -0.2) is 14.5 Å². The Morgan fingerprint density at radius 3 is 2.61 bits per heavy atom. The zero-order valence-electron chi connectivity index (χ0n) is 16.1. The number of pyridine rings is 1. The third-order valence-electron chi connectivity index (χ3n) is 4.33. The lowest BCUT2D eigenvalue weighted by atomic mass is 10.1. The zero-order chi connectivity index (χ0) is 20.3. The van der Waals surface area contributed by atoms with Crippen molar-refractivity contribution >= 4 is 34.2 Å². The Labute approximate surface area is 168 Å². The highest BCUT2D eigenvalue weighted by Gasteiger charge is 2.21. The van der Waals surface area contributed by atoms with Gasteiger partial charge in [0.05, 0.1) is 41.0 Å². The van der Waals surface area contributed by atoms with Crippen LogP contribution < -0.4 is 10.5 Å². The first-order valence-electron chi connectivity index (χ1n) is 8.92. The number of ether oxygens (including phenoxy) is 2. The highest BCUT2D eigenvalue weighted by Crippen LogP contribution is 2.29. The summed E-state index contributed by atoms with van der Waals surface area (Å²) in [4.78, 5) is 17.8. The molecule has 0 amide bonds. The first-order chi connectivity index (χ1) is 13.4. The summed E-state index contributed by atoms with van der Waals surface area (Å²) < 4.78 is 12.2. The van der Waals surface area contributed by atoms with Crippen molar-refractivity contribution in [3.8, 4) is 17.0 Å². The lowest BCUT2D eigenvalue weighted by molar-refractivity contribution is 0.0528. The lowest BCUT2D eigenvalue weighted by Crippen LogP contribution is -2.13. The fraction of sp³-hybridized carbons (Fsp3) is 0.300. The molecular weight excluding hydrogens is 376 g/mol. The van der Waals surface area contributed by atoms with E-state index in [-0.39, 0.29) is 6.61 Å². The molecule has 0 saturated heterocycles. The first kappa shape index (κ1) is 19.8. The van der Waals surface area contributed by atoms with E-state index < -0.39 is 5.97 Å². The Kier molecular flexibility index (Phi) is 5.89. The SMILES string of the molecule is CCOC(=O)c1cc(-c2ccc(OC)cc2)nc2c1c(C)nn2CCC(N)=S. The number of hydrogen-bond acceptors (Lipinski definition) is 6. The van der Waals surface area contributed by atoms with Gasteiger partial charge in [0.25, 0.3) is 0 Å². The summed E-state index contributed by atoms with van der Waals surface area (Å²) in [5.41, 5.74) is 8.89. The quantitative estimate of drug-likeness (QED) is 0.482. The molecule has 28 heavy (non-hydrogen) atoms. The molecule has 0 aliphatic heterocycles. The molecule has 0 unspecified atom stereocenters. The van der Waals surface area contributed by atoms with Crippen molar-refractivity contribution in [2.24, 2.45) is 5.73 Å². The van der Waals surface area contributed by atoms with E-state index in [1.165, 1.54) is 0 Å². The minimum absolute atomic E-state index is 0.287. The maximum Gasteiger partial charge on any atom is 0.339 e. The van der Waals surface area contributed by atoms with E-state index in [4.69, 9.17) is 32.4 Å². The van der Waals surface area contributed by atoms with Gasteiger partial charge in [0.15, 0.2) is 5.65 Å². The number of aromatic nitrogens is 3. The zero-order valence-corrected chi connectivity index (χ0v) is 16.9. The van der Waals surface area contributed by atoms with Crippen LogP contribution in [-0.2, 0) is 11.3 Å². The van der Waals surface area contributed by atoms with Gasteiger partial charge in [-0.1, -0.05) is 12.2 Å². The smallest absolute Gasteiger partial charge is 0.339 e. The molecule has 2 aromatic heterocycles. The van der Waals surface area contributed by atoms with Gasteiger partial charge in [-0.05, 0) is 44.2 Å². The number of hydrogen-bond donors (Lipinski definition) is 1. The highest BCUT2D eigenvalue weighted by atomic mass is 32.1. The molecule has 0 saturated carbocycles. The van der Waals surface area contributed by atoms with Gasteiger partial charge in [-0.15, -0.1) is 0 Å². The van der Waals surface area contributed by atoms with E-state index in [0.29, 0.717) is 45.9 Å². The molecule has 0 radical (unpaired) electrons. The van der Waals surface area contributed by atoms with Crippen LogP contribution in [0, 0.1) is 6.92 Å². The maximum absolute atomic E-state index is 12.6. The molecule has 2 heterocycles. The monoisotopic (exact) mass is 398 g/mol. The Morgan fingerprint density at radius 2 is 2.00 bits per heavy atom. The number of thiocarbonyl (C=S) groups is 1. The lowest BCUT2D eigenvalue weighted by Gasteiger charge is -2.09. The predicted molar refractivity (Wildman–Crippen MR) is 112 cm³/mol. The average molecular weight is 398 g/mol. The number of aryl methyl sites for hydroxylation is 2. The number of carbonyl (C=O) groups excluding carboxylic acids is 1. The Morgan fingerprint density at radius 1 is 1.29 bits per heavy atom. The number of carbonyl (C=O) groups is 1. The van der Waals surface area contributed by atoms with Gasteiger partial charge in [0.2, 0.25) is 0 Å². The van der Waals surface area contributed by atoms with Crippen LogP contribution >= 0.6 is 12.2 Å². The minimum atomic E-state index is -0.401. The molecule has 0 aliphatic rings. The summed E-state index contributed by atoms with van der Waals surface area (Å²) in [6, 6.07) is 9.23. The average Bonchev–Trinajstić information content (AvgIpc) is 3.01. The van der Waals surface area contributed by atoms with Crippen molar-refractivity contribution in [3.63, 3.8) is 0 Å². The van der Waals surface area contributed by atoms with E-state index in [1.54, 1.807) is 24.8 Å². The molecule has 8 heteroatoms. The van der Waals surface area contributed by atoms with Crippen LogP contribution in [-0.4, -0.2) is 39.4 Å². The minimum Gasteiger partial charge on any atom is -0.497 e. The fourth-order valence-electron chi connectivity index (χ4n) is 3.00. The van der Waals surface area contributed by atoms with Crippen LogP contribution in [0.1, 0.15) is 29.4 Å². The van der Waals surface area contributed by atoms with E-state index in [0.717, 1.165) is 11.3 Å². The number of nitrogens with zero attached hydrogens (tertiary/aromatic N) is 3. The van der Waals surface area contributed by atoms with Crippen LogP contribution in [0.15, 0.2) is 30.3 Å². The number of esters is 1. The molecule has 0 aliphatic carbocycles.